The Morgan fingerprint density at radius 1 is 1.23 bits per heavy atom. The molecule has 0 spiro atoms. The Morgan fingerprint density at radius 3 is 2.58 bits per heavy atom. The topological polar surface area (TPSA) is 108 Å². The van der Waals surface area contributed by atoms with Crippen LogP contribution in [0.5, 0.6) is 5.75 Å². The number of aliphatic hydroxyl groups excluding tert-OH is 2. The molecule has 3 aliphatic rings. The Labute approximate surface area is 188 Å². The van der Waals surface area contributed by atoms with Gasteiger partial charge in [-0.15, -0.1) is 0 Å². The molecule has 1 amide bonds. The monoisotopic (exact) mass is 447 g/mol. The average molecular weight is 448 g/mol. The van der Waals surface area contributed by atoms with Crippen LogP contribution in [0.1, 0.15) is 44.1 Å². The molecular weight excluding hydrogens is 414 g/mol. The molecule has 170 valence electrons. The molecule has 3 fully saturated rings. The van der Waals surface area contributed by atoms with E-state index in [4.69, 9.17) is 15.5 Å². The van der Waals surface area contributed by atoms with E-state index in [1.54, 1.807) is 7.11 Å². The average Bonchev–Trinajstić information content (AvgIpc) is 3.14. The number of amidine groups is 1. The molecule has 1 heterocycles. The Balaban J connectivity index is 1.61. The van der Waals surface area contributed by atoms with Gasteiger partial charge in [-0.25, -0.2) is 0 Å². The third-order valence-electron chi connectivity index (χ3n) is 6.91. The van der Waals surface area contributed by atoms with Crippen molar-refractivity contribution in [2.24, 2.45) is 22.6 Å². The zero-order valence-electron chi connectivity index (χ0n) is 18.0. The lowest BCUT2D eigenvalue weighted by molar-refractivity contribution is -0.128. The minimum absolute atomic E-state index is 0.191. The van der Waals surface area contributed by atoms with Gasteiger partial charge in [-0.3, -0.25) is 9.79 Å². The van der Waals surface area contributed by atoms with Crippen LogP contribution < -0.4 is 10.5 Å². The van der Waals surface area contributed by atoms with Crippen molar-refractivity contribution < 1.29 is 19.7 Å². The molecule has 2 aliphatic carbocycles. The molecule has 4 N–H and O–H groups in total. The lowest BCUT2D eigenvalue weighted by atomic mass is 9.80. The number of rotatable bonds is 6. The summed E-state index contributed by atoms with van der Waals surface area (Å²) in [7, 11) is 1.64. The zero-order valence-corrected chi connectivity index (χ0v) is 18.8. The van der Waals surface area contributed by atoms with Gasteiger partial charge in [-0.2, -0.15) is 0 Å². The predicted octanol–water partition coefficient (Wildman–Crippen LogP) is 2.14. The van der Waals surface area contributed by atoms with Crippen molar-refractivity contribution in [3.05, 3.63) is 29.8 Å². The van der Waals surface area contributed by atoms with Gasteiger partial charge < -0.3 is 25.6 Å². The maximum absolute atomic E-state index is 12.1. The lowest BCUT2D eigenvalue weighted by Gasteiger charge is -2.41. The number of carbonyl (C=O) groups is 1. The van der Waals surface area contributed by atoms with E-state index in [-0.39, 0.29) is 11.7 Å². The lowest BCUT2D eigenvalue weighted by Crippen LogP contribution is -2.58. The number of amides is 1. The van der Waals surface area contributed by atoms with Crippen LogP contribution in [-0.4, -0.2) is 63.3 Å². The van der Waals surface area contributed by atoms with Crippen molar-refractivity contribution in [2.75, 3.05) is 13.7 Å². The third kappa shape index (κ3) is 4.86. The molecule has 0 unspecified atom stereocenters. The Kier molecular flexibility index (Phi) is 7.08. The molecule has 8 heteroatoms. The van der Waals surface area contributed by atoms with Crippen LogP contribution in [0.2, 0.25) is 0 Å². The summed E-state index contributed by atoms with van der Waals surface area (Å²) >= 11 is 1.54. The summed E-state index contributed by atoms with van der Waals surface area (Å²) in [6.07, 6.45) is 4.51. The van der Waals surface area contributed by atoms with Crippen LogP contribution in [-0.2, 0) is 11.3 Å². The predicted molar refractivity (Wildman–Crippen MR) is 122 cm³/mol. The molecule has 7 nitrogen and oxygen atoms in total. The van der Waals surface area contributed by atoms with E-state index in [9.17, 15) is 15.0 Å². The van der Waals surface area contributed by atoms with E-state index in [0.717, 1.165) is 23.0 Å². The number of carbonyl (C=O) groups excluding carboxylic acids is 1. The number of nitrogens with two attached hydrogens (primary N) is 1. The Hall–Kier alpha value is -1.77. The largest absolute Gasteiger partial charge is 0.497 e. The van der Waals surface area contributed by atoms with Crippen LogP contribution in [0.3, 0.4) is 0 Å². The summed E-state index contributed by atoms with van der Waals surface area (Å²) in [4.78, 5) is 19.2. The highest BCUT2D eigenvalue weighted by Gasteiger charge is 2.54. The molecule has 31 heavy (non-hydrogen) atoms. The van der Waals surface area contributed by atoms with Crippen molar-refractivity contribution >= 4 is 22.8 Å². The van der Waals surface area contributed by atoms with E-state index in [1.165, 1.54) is 43.9 Å². The number of hydrogen-bond donors (Lipinski definition) is 3. The van der Waals surface area contributed by atoms with Crippen LogP contribution in [0.25, 0.3) is 0 Å². The van der Waals surface area contributed by atoms with Crippen molar-refractivity contribution in [3.63, 3.8) is 0 Å². The first-order valence-electron chi connectivity index (χ1n) is 11.2. The standard InChI is InChI=1S/C23H33N3O4S/c1-30-16-9-7-15(8-10-16)13-26-19-20(28)18(27)11-17(22(24)29)21(19)31-23(26)25-12-14-5-3-2-4-6-14/h7-10,14,17-21,27-28H,2-6,11-13H2,1H3,(H2,24,29)/t17-,18+,19+,20-,21+/m0/s1. The van der Waals surface area contributed by atoms with Crippen molar-refractivity contribution in [1.82, 2.24) is 4.90 Å². The number of nitrogens with zero attached hydrogens (tertiary/aromatic N) is 2. The third-order valence-corrected chi connectivity index (χ3v) is 8.36. The number of fused-ring (bicyclic) bond motifs is 1. The summed E-state index contributed by atoms with van der Waals surface area (Å²) < 4.78 is 5.26. The molecule has 4 rings (SSSR count). The summed E-state index contributed by atoms with van der Waals surface area (Å²) in [6.45, 7) is 1.30. The molecule has 0 radical (unpaired) electrons. The Morgan fingerprint density at radius 2 is 1.94 bits per heavy atom. The minimum Gasteiger partial charge on any atom is -0.497 e. The summed E-state index contributed by atoms with van der Waals surface area (Å²) in [5, 5.41) is 22.0. The molecule has 2 saturated carbocycles. The van der Waals surface area contributed by atoms with Gasteiger partial charge in [0.15, 0.2) is 5.17 Å². The number of ether oxygens (including phenoxy) is 1. The van der Waals surface area contributed by atoms with Gasteiger partial charge >= 0.3 is 0 Å². The highest BCUT2D eigenvalue weighted by molar-refractivity contribution is 8.14. The van der Waals surface area contributed by atoms with Crippen molar-refractivity contribution in [3.8, 4) is 5.75 Å². The zero-order chi connectivity index (χ0) is 22.0. The number of hydrogen-bond acceptors (Lipinski definition) is 6. The van der Waals surface area contributed by atoms with Gasteiger partial charge in [-0.1, -0.05) is 43.2 Å². The maximum Gasteiger partial charge on any atom is 0.221 e. The van der Waals surface area contributed by atoms with Crippen molar-refractivity contribution in [2.45, 2.75) is 68.6 Å². The second kappa shape index (κ2) is 9.79. The minimum atomic E-state index is -0.976. The van der Waals surface area contributed by atoms with Crippen LogP contribution in [0, 0.1) is 11.8 Å². The van der Waals surface area contributed by atoms with Gasteiger partial charge in [0.05, 0.1) is 25.2 Å². The second-order valence-electron chi connectivity index (χ2n) is 8.98. The molecule has 1 aromatic carbocycles. The van der Waals surface area contributed by atoms with Crippen LogP contribution in [0.15, 0.2) is 29.3 Å². The maximum atomic E-state index is 12.1. The van der Waals surface area contributed by atoms with E-state index in [0.29, 0.717) is 12.5 Å². The summed E-state index contributed by atoms with van der Waals surface area (Å²) in [6, 6.07) is 7.40. The van der Waals surface area contributed by atoms with Gasteiger partial charge in [0, 0.05) is 18.3 Å². The Bertz CT molecular complexity index is 797. The fraction of sp³-hybridized carbons (Fsp3) is 0.652. The van der Waals surface area contributed by atoms with Gasteiger partial charge in [0.25, 0.3) is 0 Å². The highest BCUT2D eigenvalue weighted by Crippen LogP contribution is 2.44. The molecule has 1 aromatic rings. The number of aliphatic hydroxyl groups is 2. The first kappa shape index (κ1) is 22.4. The van der Waals surface area contributed by atoms with Gasteiger partial charge in [0.2, 0.25) is 5.91 Å². The van der Waals surface area contributed by atoms with Gasteiger partial charge in [-0.05, 0) is 42.9 Å². The highest BCUT2D eigenvalue weighted by atomic mass is 32.2. The smallest absolute Gasteiger partial charge is 0.221 e. The number of aliphatic imine (C=N–C) groups is 1. The van der Waals surface area contributed by atoms with Gasteiger partial charge in [0.1, 0.15) is 11.9 Å². The fourth-order valence-corrected chi connectivity index (χ4v) is 6.68. The number of methoxy groups -OCH3 is 1. The quantitative estimate of drug-likeness (QED) is 0.617. The molecule has 1 aliphatic heterocycles. The molecule has 5 atom stereocenters. The molecular formula is C23H33N3O4S. The van der Waals surface area contributed by atoms with E-state index < -0.39 is 30.1 Å². The summed E-state index contributed by atoms with van der Waals surface area (Å²) in [5.74, 6) is 0.459. The first-order chi connectivity index (χ1) is 15.0. The number of benzene rings is 1. The number of primary amides is 1. The normalized spacial score (nSPS) is 32.8. The SMILES string of the molecule is COc1ccc(CN2C(=NCC3CCCCC3)S[C@H]3[C@H]2[C@@H](O)[C@H](O)C[C@@H]3C(N)=O)cc1. The fourth-order valence-electron chi connectivity index (χ4n) is 5.11. The van der Waals surface area contributed by atoms with E-state index in [1.807, 2.05) is 24.3 Å². The van der Waals surface area contributed by atoms with Crippen LogP contribution in [0.4, 0.5) is 0 Å². The molecule has 1 saturated heterocycles. The number of thioether (sulfide) groups is 1. The van der Waals surface area contributed by atoms with E-state index in [2.05, 4.69) is 4.90 Å². The van der Waals surface area contributed by atoms with E-state index >= 15 is 0 Å². The van der Waals surface area contributed by atoms with Crippen LogP contribution >= 0.6 is 11.8 Å². The summed E-state index contributed by atoms with van der Waals surface area (Å²) in [5.41, 5.74) is 6.73. The molecule has 0 aromatic heterocycles. The second-order valence-corrected chi connectivity index (χ2v) is 10.1. The first-order valence-corrected chi connectivity index (χ1v) is 12.1. The van der Waals surface area contributed by atoms with Crippen molar-refractivity contribution in [1.29, 1.82) is 0 Å². The molecule has 0 bridgehead atoms.